The monoisotopic (exact) mass is 329 g/mol. The third kappa shape index (κ3) is 3.31. The summed E-state index contributed by atoms with van der Waals surface area (Å²) >= 11 is 0. The highest BCUT2D eigenvalue weighted by Crippen LogP contribution is 2.19. The fraction of sp³-hybridized carbons (Fsp3) is 0.500. The summed E-state index contributed by atoms with van der Waals surface area (Å²) in [6.07, 6.45) is 2.80. The molecular weight excluding hydrogens is 310 g/mol. The lowest BCUT2D eigenvalue weighted by molar-refractivity contribution is -0.148. The van der Waals surface area contributed by atoms with Gasteiger partial charge in [-0.25, -0.2) is 9.78 Å². The lowest BCUT2D eigenvalue weighted by Crippen LogP contribution is -2.45. The molecule has 1 atom stereocenters. The molecule has 0 aromatic carbocycles. The van der Waals surface area contributed by atoms with Gasteiger partial charge in [0, 0.05) is 25.8 Å². The number of carbonyl (C=O) groups excluding carboxylic acids is 1. The van der Waals surface area contributed by atoms with Crippen molar-refractivity contribution in [3.63, 3.8) is 0 Å². The van der Waals surface area contributed by atoms with Gasteiger partial charge in [0.25, 0.3) is 0 Å². The number of nitriles is 1. The largest absolute Gasteiger partial charge is 0.480 e. The van der Waals surface area contributed by atoms with Gasteiger partial charge in [0.1, 0.15) is 17.9 Å². The molecule has 1 N–H and O–H groups in total. The second kappa shape index (κ2) is 6.84. The summed E-state index contributed by atoms with van der Waals surface area (Å²) in [5, 5.41) is 18.0. The number of likely N-dealkylation sites (tertiary alicyclic amines) is 1. The molecule has 8 heteroatoms. The van der Waals surface area contributed by atoms with E-state index in [-0.39, 0.29) is 12.5 Å². The van der Waals surface area contributed by atoms with Crippen LogP contribution in [0.15, 0.2) is 18.3 Å². The van der Waals surface area contributed by atoms with Crippen LogP contribution in [0.2, 0.25) is 0 Å². The molecule has 0 saturated carbocycles. The maximum Gasteiger partial charge on any atom is 0.326 e. The van der Waals surface area contributed by atoms with Crippen LogP contribution in [0.25, 0.3) is 0 Å². The van der Waals surface area contributed by atoms with Crippen molar-refractivity contribution >= 4 is 17.7 Å². The van der Waals surface area contributed by atoms with Gasteiger partial charge in [0.15, 0.2) is 0 Å². The number of carboxylic acids is 1. The SMILES string of the molecule is N#Cc1ccc(N2CCN(CC(=O)N3CCC[C@@H]3C(=O)O)C2)nc1. The van der Waals surface area contributed by atoms with Gasteiger partial charge in [-0.15, -0.1) is 0 Å². The Morgan fingerprint density at radius 2 is 2.17 bits per heavy atom. The number of amides is 1. The van der Waals surface area contributed by atoms with Gasteiger partial charge in [0.05, 0.1) is 18.8 Å². The number of hydrogen-bond acceptors (Lipinski definition) is 6. The lowest BCUT2D eigenvalue weighted by Gasteiger charge is -2.24. The summed E-state index contributed by atoms with van der Waals surface area (Å²) in [7, 11) is 0. The number of pyridine rings is 1. The minimum absolute atomic E-state index is 0.130. The zero-order valence-electron chi connectivity index (χ0n) is 13.3. The third-order valence-electron chi connectivity index (χ3n) is 4.47. The maximum absolute atomic E-state index is 12.4. The number of carbonyl (C=O) groups is 2. The Hall–Kier alpha value is -2.66. The predicted octanol–water partition coefficient (Wildman–Crippen LogP) is 0.108. The zero-order valence-corrected chi connectivity index (χ0v) is 13.3. The van der Waals surface area contributed by atoms with Crippen LogP contribution in [0.3, 0.4) is 0 Å². The van der Waals surface area contributed by atoms with Gasteiger partial charge in [-0.2, -0.15) is 5.26 Å². The maximum atomic E-state index is 12.4. The molecule has 0 unspecified atom stereocenters. The van der Waals surface area contributed by atoms with Crippen molar-refractivity contribution in [3.8, 4) is 6.07 Å². The van der Waals surface area contributed by atoms with Crippen molar-refractivity contribution in [2.45, 2.75) is 18.9 Å². The van der Waals surface area contributed by atoms with E-state index in [0.717, 1.165) is 25.3 Å². The number of rotatable bonds is 4. The Morgan fingerprint density at radius 1 is 1.33 bits per heavy atom. The first kappa shape index (κ1) is 16.2. The van der Waals surface area contributed by atoms with Crippen LogP contribution in [0.5, 0.6) is 0 Å². The molecule has 1 amide bonds. The van der Waals surface area contributed by atoms with Gasteiger partial charge in [0.2, 0.25) is 5.91 Å². The average molecular weight is 329 g/mol. The van der Waals surface area contributed by atoms with E-state index < -0.39 is 12.0 Å². The second-order valence-electron chi connectivity index (χ2n) is 6.06. The first-order valence-corrected chi connectivity index (χ1v) is 7.94. The molecule has 1 aromatic rings. The molecule has 0 bridgehead atoms. The van der Waals surface area contributed by atoms with Crippen molar-refractivity contribution in [3.05, 3.63) is 23.9 Å². The van der Waals surface area contributed by atoms with Crippen molar-refractivity contribution in [1.82, 2.24) is 14.8 Å². The Bertz CT molecular complexity index is 669. The normalized spacial score (nSPS) is 21.0. The molecule has 0 aliphatic carbocycles. The van der Waals surface area contributed by atoms with Gasteiger partial charge >= 0.3 is 5.97 Å². The van der Waals surface area contributed by atoms with E-state index in [1.807, 2.05) is 15.9 Å². The molecular formula is C16H19N5O3. The van der Waals surface area contributed by atoms with E-state index >= 15 is 0 Å². The Labute approximate surface area is 139 Å². The average Bonchev–Trinajstić information content (AvgIpc) is 3.24. The van der Waals surface area contributed by atoms with Gasteiger partial charge in [-0.1, -0.05) is 0 Å². The molecule has 0 spiro atoms. The smallest absolute Gasteiger partial charge is 0.326 e. The Morgan fingerprint density at radius 3 is 2.83 bits per heavy atom. The van der Waals surface area contributed by atoms with E-state index in [1.165, 1.54) is 11.1 Å². The highest BCUT2D eigenvalue weighted by atomic mass is 16.4. The van der Waals surface area contributed by atoms with Crippen LogP contribution in [0.4, 0.5) is 5.82 Å². The van der Waals surface area contributed by atoms with Crippen LogP contribution in [0.1, 0.15) is 18.4 Å². The molecule has 2 aliphatic rings. The Kier molecular flexibility index (Phi) is 4.62. The summed E-state index contributed by atoms with van der Waals surface area (Å²) in [5.41, 5.74) is 0.513. The molecule has 24 heavy (non-hydrogen) atoms. The molecule has 0 radical (unpaired) electrons. The van der Waals surface area contributed by atoms with Crippen LogP contribution >= 0.6 is 0 Å². The summed E-state index contributed by atoms with van der Waals surface area (Å²) in [6, 6.07) is 4.87. The molecule has 3 rings (SSSR count). The molecule has 126 valence electrons. The van der Waals surface area contributed by atoms with Crippen molar-refractivity contribution in [2.24, 2.45) is 0 Å². The first-order chi connectivity index (χ1) is 11.6. The topological polar surface area (TPSA) is 101 Å². The summed E-state index contributed by atoms with van der Waals surface area (Å²) in [5.74, 6) is -0.284. The number of anilines is 1. The van der Waals surface area contributed by atoms with Gasteiger partial charge < -0.3 is 14.9 Å². The number of aliphatic carboxylic acids is 1. The molecule has 3 heterocycles. The quantitative estimate of drug-likeness (QED) is 0.836. The molecule has 1 aromatic heterocycles. The number of hydrogen-bond donors (Lipinski definition) is 1. The molecule has 8 nitrogen and oxygen atoms in total. The predicted molar refractivity (Wildman–Crippen MR) is 85.1 cm³/mol. The number of carboxylic acid groups (broad SMARTS) is 1. The summed E-state index contributed by atoms with van der Waals surface area (Å²) < 4.78 is 0. The fourth-order valence-corrected chi connectivity index (χ4v) is 3.20. The first-order valence-electron chi connectivity index (χ1n) is 7.94. The zero-order chi connectivity index (χ0) is 17.1. The van der Waals surface area contributed by atoms with Crippen LogP contribution < -0.4 is 4.90 Å². The highest BCUT2D eigenvalue weighted by molar-refractivity contribution is 5.85. The van der Waals surface area contributed by atoms with E-state index in [4.69, 9.17) is 5.26 Å². The van der Waals surface area contributed by atoms with Crippen molar-refractivity contribution < 1.29 is 14.7 Å². The standard InChI is InChI=1S/C16H19N5O3/c17-8-12-3-4-14(18-9-12)20-7-6-19(11-20)10-15(22)21-5-1-2-13(21)16(23)24/h3-4,9,13H,1-2,5-7,10-11H2,(H,23,24)/t13-/m1/s1. The van der Waals surface area contributed by atoms with Crippen molar-refractivity contribution in [2.75, 3.05) is 37.7 Å². The summed E-state index contributed by atoms with van der Waals surface area (Å²) in [6.45, 7) is 2.77. The molecule has 2 fully saturated rings. The fourth-order valence-electron chi connectivity index (χ4n) is 3.20. The van der Waals surface area contributed by atoms with Crippen LogP contribution in [-0.2, 0) is 9.59 Å². The van der Waals surface area contributed by atoms with Crippen molar-refractivity contribution in [1.29, 1.82) is 5.26 Å². The minimum atomic E-state index is -0.925. The Balaban J connectivity index is 1.57. The van der Waals surface area contributed by atoms with E-state index in [0.29, 0.717) is 25.2 Å². The van der Waals surface area contributed by atoms with Gasteiger partial charge in [-0.3, -0.25) is 9.69 Å². The summed E-state index contributed by atoms with van der Waals surface area (Å²) in [4.78, 5) is 33.3. The lowest BCUT2D eigenvalue weighted by atomic mass is 10.2. The minimum Gasteiger partial charge on any atom is -0.480 e. The van der Waals surface area contributed by atoms with Gasteiger partial charge in [-0.05, 0) is 25.0 Å². The number of aromatic nitrogens is 1. The van der Waals surface area contributed by atoms with Crippen LogP contribution in [-0.4, -0.2) is 70.7 Å². The third-order valence-corrected chi connectivity index (χ3v) is 4.47. The highest BCUT2D eigenvalue weighted by Gasteiger charge is 2.35. The van der Waals surface area contributed by atoms with Crippen LogP contribution in [0, 0.1) is 11.3 Å². The molecule has 2 aliphatic heterocycles. The van der Waals surface area contributed by atoms with E-state index in [2.05, 4.69) is 4.98 Å². The number of nitrogens with zero attached hydrogens (tertiary/aromatic N) is 5. The second-order valence-corrected chi connectivity index (χ2v) is 6.06. The van der Waals surface area contributed by atoms with E-state index in [1.54, 1.807) is 12.1 Å². The van der Waals surface area contributed by atoms with E-state index in [9.17, 15) is 14.7 Å². The molecule has 2 saturated heterocycles.